The van der Waals surface area contributed by atoms with E-state index in [0.29, 0.717) is 5.65 Å². The molecule has 0 atom stereocenters. The zero-order valence-electron chi connectivity index (χ0n) is 14.4. The van der Waals surface area contributed by atoms with Crippen LogP contribution >= 0.6 is 0 Å². The van der Waals surface area contributed by atoms with E-state index < -0.39 is 0 Å². The lowest BCUT2D eigenvalue weighted by atomic mass is 10.1. The molecule has 0 spiro atoms. The van der Waals surface area contributed by atoms with Gasteiger partial charge in [0.05, 0.1) is 5.39 Å². The van der Waals surface area contributed by atoms with E-state index in [4.69, 9.17) is 0 Å². The first kappa shape index (κ1) is 16.0. The quantitative estimate of drug-likeness (QED) is 0.517. The first-order valence-electron chi connectivity index (χ1n) is 8.46. The van der Waals surface area contributed by atoms with Crippen molar-refractivity contribution in [2.45, 2.75) is 6.92 Å². The van der Waals surface area contributed by atoms with Crippen molar-refractivity contribution in [2.75, 3.05) is 5.32 Å². The summed E-state index contributed by atoms with van der Waals surface area (Å²) in [6, 6.07) is 22.4. The second kappa shape index (κ2) is 7.15. The second-order valence-electron chi connectivity index (χ2n) is 6.04. The van der Waals surface area contributed by atoms with Crippen molar-refractivity contribution in [3.63, 3.8) is 0 Å². The molecule has 0 fully saturated rings. The molecule has 0 amide bonds. The maximum Gasteiger partial charge on any atom is 0.164 e. The summed E-state index contributed by atoms with van der Waals surface area (Å²) in [4.78, 5) is 13.1. The van der Waals surface area contributed by atoms with Crippen LogP contribution in [-0.4, -0.2) is 15.0 Å². The van der Waals surface area contributed by atoms with Crippen molar-refractivity contribution in [3.05, 3.63) is 89.9 Å². The third-order valence-electron chi connectivity index (χ3n) is 4.05. The average molecular weight is 338 g/mol. The lowest BCUT2D eigenvalue weighted by Crippen LogP contribution is -1.97. The minimum Gasteiger partial charge on any atom is -0.340 e. The Morgan fingerprint density at radius 1 is 0.808 bits per heavy atom. The van der Waals surface area contributed by atoms with Crippen molar-refractivity contribution >= 4 is 34.7 Å². The predicted octanol–water partition coefficient (Wildman–Crippen LogP) is 5.25. The van der Waals surface area contributed by atoms with E-state index in [2.05, 4.69) is 56.7 Å². The standard InChI is InChI=1S/C22H18N4/c1-16-10-13-20-21(25-16)23-15-24-22(20)26-19-9-5-8-18(14-19)12-11-17-6-3-2-4-7-17/h2-15H,1H3,(H,23,24,25,26)/b12-11+. The van der Waals surface area contributed by atoms with E-state index in [1.807, 2.05) is 49.4 Å². The molecule has 2 aromatic carbocycles. The molecule has 126 valence electrons. The number of aromatic nitrogens is 3. The molecule has 0 unspecified atom stereocenters. The SMILES string of the molecule is Cc1ccc2c(Nc3cccc(/C=C/c4ccccc4)c3)ncnc2n1. The van der Waals surface area contributed by atoms with Gasteiger partial charge in [0.1, 0.15) is 12.1 Å². The third kappa shape index (κ3) is 3.59. The first-order chi connectivity index (χ1) is 12.8. The summed E-state index contributed by atoms with van der Waals surface area (Å²) in [6.45, 7) is 1.96. The fraction of sp³-hybridized carbons (Fsp3) is 0.0455. The van der Waals surface area contributed by atoms with Gasteiger partial charge < -0.3 is 5.32 Å². The van der Waals surface area contributed by atoms with Gasteiger partial charge in [-0.3, -0.25) is 0 Å². The zero-order chi connectivity index (χ0) is 17.8. The van der Waals surface area contributed by atoms with Gasteiger partial charge in [-0.05, 0) is 42.3 Å². The topological polar surface area (TPSA) is 50.7 Å². The lowest BCUT2D eigenvalue weighted by molar-refractivity contribution is 1.15. The highest BCUT2D eigenvalue weighted by atomic mass is 15.0. The van der Waals surface area contributed by atoms with E-state index in [0.717, 1.165) is 28.1 Å². The van der Waals surface area contributed by atoms with Crippen LogP contribution in [0.15, 0.2) is 73.1 Å². The monoisotopic (exact) mass is 338 g/mol. The molecule has 0 radical (unpaired) electrons. The minimum atomic E-state index is 0.697. The summed E-state index contributed by atoms with van der Waals surface area (Å²) >= 11 is 0. The van der Waals surface area contributed by atoms with Crippen LogP contribution in [0.5, 0.6) is 0 Å². The highest BCUT2D eigenvalue weighted by Crippen LogP contribution is 2.23. The van der Waals surface area contributed by atoms with Crippen LogP contribution in [0.25, 0.3) is 23.2 Å². The molecule has 2 heterocycles. The highest BCUT2D eigenvalue weighted by molar-refractivity contribution is 5.88. The number of hydrogen-bond donors (Lipinski definition) is 1. The molecule has 0 aliphatic heterocycles. The Morgan fingerprint density at radius 2 is 1.62 bits per heavy atom. The molecule has 2 aromatic heterocycles. The van der Waals surface area contributed by atoms with Crippen molar-refractivity contribution in [1.82, 2.24) is 15.0 Å². The number of pyridine rings is 1. The number of nitrogens with zero attached hydrogens (tertiary/aromatic N) is 3. The van der Waals surface area contributed by atoms with E-state index in [1.54, 1.807) is 0 Å². The number of aryl methyl sites for hydroxylation is 1. The number of fused-ring (bicyclic) bond motifs is 1. The van der Waals surface area contributed by atoms with Crippen molar-refractivity contribution in [1.29, 1.82) is 0 Å². The molecule has 0 aliphatic rings. The molecule has 0 aliphatic carbocycles. The summed E-state index contributed by atoms with van der Waals surface area (Å²) in [7, 11) is 0. The Labute approximate surface area is 152 Å². The second-order valence-corrected chi connectivity index (χ2v) is 6.04. The average Bonchev–Trinajstić information content (AvgIpc) is 2.67. The van der Waals surface area contributed by atoms with Crippen LogP contribution in [0.1, 0.15) is 16.8 Å². The Bertz CT molecular complexity index is 1070. The van der Waals surface area contributed by atoms with Crippen molar-refractivity contribution in [2.24, 2.45) is 0 Å². The van der Waals surface area contributed by atoms with Crippen LogP contribution < -0.4 is 5.32 Å². The van der Waals surface area contributed by atoms with Gasteiger partial charge >= 0.3 is 0 Å². The number of hydrogen-bond acceptors (Lipinski definition) is 4. The summed E-state index contributed by atoms with van der Waals surface area (Å²) < 4.78 is 0. The maximum absolute atomic E-state index is 4.46. The first-order valence-corrected chi connectivity index (χ1v) is 8.46. The fourth-order valence-electron chi connectivity index (χ4n) is 2.75. The zero-order valence-corrected chi connectivity index (χ0v) is 14.4. The summed E-state index contributed by atoms with van der Waals surface area (Å²) in [5, 5.41) is 4.29. The van der Waals surface area contributed by atoms with Gasteiger partial charge in [0.2, 0.25) is 0 Å². The molecule has 4 rings (SSSR count). The Hall–Kier alpha value is -3.53. The highest BCUT2D eigenvalue weighted by Gasteiger charge is 2.05. The molecule has 4 heteroatoms. The largest absolute Gasteiger partial charge is 0.340 e. The Morgan fingerprint density at radius 3 is 2.50 bits per heavy atom. The van der Waals surface area contributed by atoms with E-state index in [1.165, 1.54) is 11.9 Å². The number of benzene rings is 2. The Kier molecular flexibility index (Phi) is 4.39. The summed E-state index contributed by atoms with van der Waals surface area (Å²) in [5.41, 5.74) is 4.90. The molecular formula is C22H18N4. The summed E-state index contributed by atoms with van der Waals surface area (Å²) in [6.07, 6.45) is 5.74. The fourth-order valence-corrected chi connectivity index (χ4v) is 2.75. The van der Waals surface area contributed by atoms with Crippen LogP contribution in [0.4, 0.5) is 11.5 Å². The van der Waals surface area contributed by atoms with Crippen molar-refractivity contribution < 1.29 is 0 Å². The van der Waals surface area contributed by atoms with Gasteiger partial charge in [0.25, 0.3) is 0 Å². The minimum absolute atomic E-state index is 0.697. The molecule has 0 saturated heterocycles. The maximum atomic E-state index is 4.46. The smallest absolute Gasteiger partial charge is 0.164 e. The molecule has 0 saturated carbocycles. The third-order valence-corrected chi connectivity index (χ3v) is 4.05. The van der Waals surface area contributed by atoms with Gasteiger partial charge in [0.15, 0.2) is 5.65 Å². The van der Waals surface area contributed by atoms with Gasteiger partial charge in [-0.15, -0.1) is 0 Å². The molecule has 4 aromatic rings. The molecule has 0 bridgehead atoms. The van der Waals surface area contributed by atoms with Crippen molar-refractivity contribution in [3.8, 4) is 0 Å². The van der Waals surface area contributed by atoms with Gasteiger partial charge in [0, 0.05) is 11.4 Å². The number of nitrogens with one attached hydrogen (secondary N) is 1. The molecule has 1 N–H and O–H groups in total. The molecule has 4 nitrogen and oxygen atoms in total. The number of rotatable bonds is 4. The normalized spacial score (nSPS) is 11.1. The number of anilines is 2. The van der Waals surface area contributed by atoms with Crippen LogP contribution in [-0.2, 0) is 0 Å². The predicted molar refractivity (Wildman–Crippen MR) is 107 cm³/mol. The summed E-state index contributed by atoms with van der Waals surface area (Å²) in [5.74, 6) is 0.756. The van der Waals surface area contributed by atoms with E-state index in [9.17, 15) is 0 Å². The van der Waals surface area contributed by atoms with Crippen LogP contribution in [0.2, 0.25) is 0 Å². The molecule has 26 heavy (non-hydrogen) atoms. The molecular weight excluding hydrogens is 320 g/mol. The van der Waals surface area contributed by atoms with Gasteiger partial charge in [-0.1, -0.05) is 54.6 Å². The van der Waals surface area contributed by atoms with E-state index >= 15 is 0 Å². The van der Waals surface area contributed by atoms with Gasteiger partial charge in [-0.2, -0.15) is 0 Å². The van der Waals surface area contributed by atoms with Gasteiger partial charge in [-0.25, -0.2) is 15.0 Å². The van der Waals surface area contributed by atoms with Crippen LogP contribution in [0, 0.1) is 6.92 Å². The van der Waals surface area contributed by atoms with E-state index in [-0.39, 0.29) is 0 Å². The Balaban J connectivity index is 1.61. The lowest BCUT2D eigenvalue weighted by Gasteiger charge is -2.09. The van der Waals surface area contributed by atoms with Crippen LogP contribution in [0.3, 0.4) is 0 Å².